The average Bonchev–Trinajstić information content (AvgIpc) is 3.60. The smallest absolute Gasteiger partial charge is 0.297 e. The Morgan fingerprint density at radius 1 is 1.00 bits per heavy atom. The molecule has 0 aliphatic carbocycles. The summed E-state index contributed by atoms with van der Waals surface area (Å²) in [4.78, 5) is 46.2. The Kier molecular flexibility index (Phi) is 5.49. The van der Waals surface area contributed by atoms with Crippen molar-refractivity contribution in [1.82, 2.24) is 10.2 Å². The van der Waals surface area contributed by atoms with E-state index in [1.165, 1.54) is 22.3 Å². The van der Waals surface area contributed by atoms with Crippen LogP contribution in [-0.4, -0.2) is 22.0 Å². The summed E-state index contributed by atoms with van der Waals surface area (Å²) in [5.41, 5.74) is 0.247. The molecule has 3 aromatic carbocycles. The predicted octanol–water partition coefficient (Wildman–Crippen LogP) is 5.67. The highest BCUT2D eigenvalue weighted by molar-refractivity contribution is 7.15. The fourth-order valence-electron chi connectivity index (χ4n) is 5.84. The molecule has 0 bridgehead atoms. The molecule has 0 radical (unpaired) electrons. The van der Waals surface area contributed by atoms with E-state index in [1.54, 1.807) is 29.2 Å². The summed E-state index contributed by atoms with van der Waals surface area (Å²) in [6.07, 6.45) is 0. The first-order chi connectivity index (χ1) is 19.7. The maximum atomic E-state index is 14.9. The number of hydrogen-bond acceptors (Lipinski definition) is 7. The third-order valence-electron chi connectivity index (χ3n) is 7.62. The number of fused-ring (bicyclic) bond motifs is 5. The summed E-state index contributed by atoms with van der Waals surface area (Å²) < 4.78 is 20.3. The number of carbonyl (C=O) groups is 2. The number of benzene rings is 3. The van der Waals surface area contributed by atoms with E-state index in [9.17, 15) is 18.8 Å². The molecule has 4 heterocycles. The van der Waals surface area contributed by atoms with Gasteiger partial charge < -0.3 is 9.32 Å². The molecule has 2 amide bonds. The van der Waals surface area contributed by atoms with Crippen molar-refractivity contribution >= 4 is 44.9 Å². The van der Waals surface area contributed by atoms with E-state index < -0.39 is 28.6 Å². The minimum Gasteiger partial charge on any atom is -0.450 e. The van der Waals surface area contributed by atoms with Crippen LogP contribution in [0.4, 0.5) is 15.2 Å². The highest BCUT2D eigenvalue weighted by Crippen LogP contribution is 2.54. The molecule has 1 atom stereocenters. The lowest BCUT2D eigenvalue weighted by molar-refractivity contribution is -0.121. The quantitative estimate of drug-likeness (QED) is 0.278. The summed E-state index contributed by atoms with van der Waals surface area (Å²) in [5.74, 6) is -2.07. The van der Waals surface area contributed by atoms with Crippen molar-refractivity contribution in [2.45, 2.75) is 38.8 Å². The molecule has 204 valence electrons. The van der Waals surface area contributed by atoms with E-state index in [-0.39, 0.29) is 39.9 Å². The molecular formula is C31H23FN4O4S. The Hall–Kier alpha value is -4.70. The maximum Gasteiger partial charge on any atom is 0.297 e. The molecule has 0 saturated carbocycles. The number of hydrogen-bond donors (Lipinski definition) is 0. The largest absolute Gasteiger partial charge is 0.450 e. The van der Waals surface area contributed by atoms with E-state index in [0.717, 1.165) is 23.3 Å². The number of amides is 2. The van der Waals surface area contributed by atoms with Gasteiger partial charge in [0.25, 0.3) is 11.8 Å². The van der Waals surface area contributed by atoms with Crippen LogP contribution in [0.5, 0.6) is 0 Å². The standard InChI is InChI=1S/C31H23FN4O4S/c1-16(2)27-33-34-30(41-27)36-28(38)26-24(25(37)20-14-19(32)11-12-23(20)40-26)31(36)21-9-4-5-10-22(21)35(29(31)39)15-18-8-6-7-17(3)13-18/h4-14,16H,15H2,1-3H3. The summed E-state index contributed by atoms with van der Waals surface area (Å²) >= 11 is 1.18. The highest BCUT2D eigenvalue weighted by Gasteiger charge is 2.66. The Bertz CT molecular complexity index is 1980. The minimum atomic E-state index is -1.91. The molecule has 5 aromatic rings. The molecule has 0 N–H and O–H groups in total. The fraction of sp³-hybridized carbons (Fsp3) is 0.194. The van der Waals surface area contributed by atoms with Gasteiger partial charge in [0.05, 0.1) is 23.2 Å². The lowest BCUT2D eigenvalue weighted by Gasteiger charge is -2.32. The SMILES string of the molecule is Cc1cccc(CN2C(=O)C3(c4ccccc42)c2c(oc4ccc(F)cc4c2=O)C(=O)N3c2nnc(C(C)C)s2)c1. The number of anilines is 2. The molecule has 1 unspecified atom stereocenters. The first kappa shape index (κ1) is 25.3. The van der Waals surface area contributed by atoms with Gasteiger partial charge in [0, 0.05) is 11.5 Å². The monoisotopic (exact) mass is 566 g/mol. The maximum absolute atomic E-state index is 14.9. The molecular weight excluding hydrogens is 543 g/mol. The van der Waals surface area contributed by atoms with E-state index in [4.69, 9.17) is 4.42 Å². The van der Waals surface area contributed by atoms with Gasteiger partial charge in [0.2, 0.25) is 10.9 Å². The molecule has 1 spiro atoms. The van der Waals surface area contributed by atoms with Crippen molar-refractivity contribution in [3.8, 4) is 0 Å². The third-order valence-corrected chi connectivity index (χ3v) is 8.83. The average molecular weight is 567 g/mol. The van der Waals surface area contributed by atoms with Gasteiger partial charge in [-0.2, -0.15) is 0 Å². The van der Waals surface area contributed by atoms with Gasteiger partial charge >= 0.3 is 0 Å². The topological polar surface area (TPSA) is 96.6 Å². The third kappa shape index (κ3) is 3.46. The normalized spacial score (nSPS) is 17.8. The minimum absolute atomic E-state index is 0.0204. The molecule has 8 nitrogen and oxygen atoms in total. The summed E-state index contributed by atoms with van der Waals surface area (Å²) in [5, 5.41) is 9.36. The van der Waals surface area contributed by atoms with Gasteiger partial charge in [-0.1, -0.05) is 73.2 Å². The van der Waals surface area contributed by atoms with Crippen LogP contribution in [-0.2, 0) is 16.9 Å². The first-order valence-corrected chi connectivity index (χ1v) is 13.9. The Morgan fingerprint density at radius 3 is 2.56 bits per heavy atom. The van der Waals surface area contributed by atoms with Crippen LogP contribution in [0.25, 0.3) is 11.0 Å². The van der Waals surface area contributed by atoms with Crippen molar-refractivity contribution in [2.75, 3.05) is 9.80 Å². The predicted molar refractivity (Wildman–Crippen MR) is 153 cm³/mol. The van der Waals surface area contributed by atoms with E-state index >= 15 is 0 Å². The lowest BCUT2D eigenvalue weighted by atomic mass is 9.84. The second-order valence-electron chi connectivity index (χ2n) is 10.6. The van der Waals surface area contributed by atoms with Gasteiger partial charge in [-0.3, -0.25) is 19.3 Å². The molecule has 7 rings (SSSR count). The summed E-state index contributed by atoms with van der Waals surface area (Å²) in [6.45, 7) is 6.08. The van der Waals surface area contributed by atoms with Crippen LogP contribution in [0.1, 0.15) is 57.6 Å². The Balaban J connectivity index is 1.55. The van der Waals surface area contributed by atoms with Crippen LogP contribution in [0.2, 0.25) is 0 Å². The van der Waals surface area contributed by atoms with Crippen molar-refractivity contribution in [1.29, 1.82) is 0 Å². The molecule has 10 heteroatoms. The van der Waals surface area contributed by atoms with Crippen molar-refractivity contribution in [3.63, 3.8) is 0 Å². The molecule has 0 fully saturated rings. The van der Waals surface area contributed by atoms with Crippen LogP contribution in [0, 0.1) is 12.7 Å². The van der Waals surface area contributed by atoms with Crippen LogP contribution in [0.3, 0.4) is 0 Å². The second-order valence-corrected chi connectivity index (χ2v) is 11.6. The van der Waals surface area contributed by atoms with Gasteiger partial charge in [0.15, 0.2) is 11.0 Å². The lowest BCUT2D eigenvalue weighted by Crippen LogP contribution is -2.53. The molecule has 41 heavy (non-hydrogen) atoms. The van der Waals surface area contributed by atoms with Crippen LogP contribution < -0.4 is 15.2 Å². The number of carbonyl (C=O) groups excluding carboxylic acids is 2. The van der Waals surface area contributed by atoms with Gasteiger partial charge in [-0.15, -0.1) is 10.2 Å². The fourth-order valence-corrected chi connectivity index (χ4v) is 6.73. The zero-order chi connectivity index (χ0) is 28.6. The zero-order valence-corrected chi connectivity index (χ0v) is 23.2. The summed E-state index contributed by atoms with van der Waals surface area (Å²) in [7, 11) is 0. The van der Waals surface area contributed by atoms with E-state index in [2.05, 4.69) is 10.2 Å². The Morgan fingerprint density at radius 2 is 1.80 bits per heavy atom. The van der Waals surface area contributed by atoms with Gasteiger partial charge in [0.1, 0.15) is 16.4 Å². The number of aromatic nitrogens is 2. The van der Waals surface area contributed by atoms with Crippen LogP contribution in [0.15, 0.2) is 75.9 Å². The zero-order valence-electron chi connectivity index (χ0n) is 22.3. The number of para-hydroxylation sites is 1. The number of halogens is 1. The van der Waals surface area contributed by atoms with Gasteiger partial charge in [-0.05, 0) is 36.8 Å². The number of aryl methyl sites for hydroxylation is 1. The molecule has 2 aliphatic heterocycles. The summed E-state index contributed by atoms with van der Waals surface area (Å²) in [6, 6.07) is 18.4. The number of nitrogens with zero attached hydrogens (tertiary/aromatic N) is 4. The van der Waals surface area contributed by atoms with Gasteiger partial charge in [-0.25, -0.2) is 4.39 Å². The van der Waals surface area contributed by atoms with E-state index in [0.29, 0.717) is 16.3 Å². The number of rotatable bonds is 4. The van der Waals surface area contributed by atoms with Crippen molar-refractivity contribution in [2.24, 2.45) is 0 Å². The second kappa shape index (κ2) is 8.90. The van der Waals surface area contributed by atoms with Crippen molar-refractivity contribution in [3.05, 3.63) is 116 Å². The molecule has 2 aromatic heterocycles. The molecule has 2 aliphatic rings. The van der Waals surface area contributed by atoms with Crippen molar-refractivity contribution < 1.29 is 18.4 Å². The van der Waals surface area contributed by atoms with Crippen LogP contribution >= 0.6 is 11.3 Å². The highest BCUT2D eigenvalue weighted by atomic mass is 32.1. The van der Waals surface area contributed by atoms with E-state index in [1.807, 2.05) is 45.0 Å². The first-order valence-electron chi connectivity index (χ1n) is 13.1. The molecule has 0 saturated heterocycles. The Labute approximate surface area is 237 Å².